The first-order chi connectivity index (χ1) is 10.1. The normalized spacial score (nSPS) is 10.2. The highest BCUT2D eigenvalue weighted by Gasteiger charge is 2.07. The minimum absolute atomic E-state index is 0.0585. The maximum absolute atomic E-state index is 12.0. The van der Waals surface area contributed by atoms with E-state index in [1.165, 1.54) is 11.1 Å². The van der Waals surface area contributed by atoms with Gasteiger partial charge in [-0.25, -0.2) is 0 Å². The zero-order valence-corrected chi connectivity index (χ0v) is 12.8. The van der Waals surface area contributed by atoms with Crippen LogP contribution in [0.25, 0.3) is 0 Å². The average molecular weight is 283 g/mol. The molecule has 2 aromatic carbocycles. The van der Waals surface area contributed by atoms with E-state index < -0.39 is 0 Å². The van der Waals surface area contributed by atoms with E-state index in [-0.39, 0.29) is 5.91 Å². The van der Waals surface area contributed by atoms with Gasteiger partial charge in [-0.1, -0.05) is 24.3 Å². The van der Waals surface area contributed by atoms with Crippen LogP contribution in [0, 0.1) is 20.8 Å². The third-order valence-electron chi connectivity index (χ3n) is 3.52. The number of rotatable bonds is 5. The number of benzene rings is 2. The van der Waals surface area contributed by atoms with Crippen LogP contribution in [0.3, 0.4) is 0 Å². The van der Waals surface area contributed by atoms with E-state index in [1.807, 2.05) is 49.4 Å². The molecule has 1 amide bonds. The Morgan fingerprint density at radius 3 is 2.48 bits per heavy atom. The lowest BCUT2D eigenvalue weighted by Gasteiger charge is -2.10. The van der Waals surface area contributed by atoms with Crippen molar-refractivity contribution in [2.24, 2.45) is 0 Å². The first-order valence-corrected chi connectivity index (χ1v) is 7.12. The molecule has 0 aliphatic heterocycles. The van der Waals surface area contributed by atoms with Gasteiger partial charge in [0.25, 0.3) is 5.91 Å². The molecule has 0 unspecified atom stereocenters. The van der Waals surface area contributed by atoms with Crippen molar-refractivity contribution in [2.75, 3.05) is 13.2 Å². The molecule has 0 aliphatic rings. The van der Waals surface area contributed by atoms with E-state index in [2.05, 4.69) is 19.2 Å². The molecule has 0 saturated carbocycles. The maximum Gasteiger partial charge on any atom is 0.251 e. The highest BCUT2D eigenvalue weighted by atomic mass is 16.5. The van der Waals surface area contributed by atoms with Gasteiger partial charge in [-0.05, 0) is 55.7 Å². The summed E-state index contributed by atoms with van der Waals surface area (Å²) >= 11 is 0. The van der Waals surface area contributed by atoms with Crippen molar-refractivity contribution >= 4 is 5.91 Å². The average Bonchev–Trinajstić information content (AvgIpc) is 2.47. The molecule has 110 valence electrons. The van der Waals surface area contributed by atoms with Gasteiger partial charge in [-0.2, -0.15) is 0 Å². The number of carbonyl (C=O) groups is 1. The second-order valence-corrected chi connectivity index (χ2v) is 5.17. The van der Waals surface area contributed by atoms with Gasteiger partial charge in [-0.3, -0.25) is 4.79 Å². The molecular weight excluding hydrogens is 262 g/mol. The molecule has 0 spiro atoms. The Morgan fingerprint density at radius 1 is 1.00 bits per heavy atom. The molecule has 3 nitrogen and oxygen atoms in total. The van der Waals surface area contributed by atoms with Crippen molar-refractivity contribution in [3.8, 4) is 5.75 Å². The summed E-state index contributed by atoms with van der Waals surface area (Å²) in [6.07, 6.45) is 0. The minimum Gasteiger partial charge on any atom is -0.492 e. The van der Waals surface area contributed by atoms with Crippen LogP contribution < -0.4 is 10.1 Å². The van der Waals surface area contributed by atoms with Crippen LogP contribution in [0.15, 0.2) is 42.5 Å². The van der Waals surface area contributed by atoms with E-state index >= 15 is 0 Å². The van der Waals surface area contributed by atoms with Gasteiger partial charge < -0.3 is 10.1 Å². The first-order valence-electron chi connectivity index (χ1n) is 7.12. The lowest BCUT2D eigenvalue weighted by Crippen LogP contribution is -2.28. The van der Waals surface area contributed by atoms with Crippen LogP contribution >= 0.6 is 0 Å². The Kier molecular flexibility index (Phi) is 4.99. The van der Waals surface area contributed by atoms with Gasteiger partial charge in [0.15, 0.2) is 0 Å². The molecule has 1 N–H and O–H groups in total. The highest BCUT2D eigenvalue weighted by Crippen LogP contribution is 2.16. The minimum atomic E-state index is -0.0585. The predicted molar refractivity (Wildman–Crippen MR) is 84.9 cm³/mol. The lowest BCUT2D eigenvalue weighted by atomic mass is 10.1. The molecule has 0 radical (unpaired) electrons. The van der Waals surface area contributed by atoms with Gasteiger partial charge in [-0.15, -0.1) is 0 Å². The number of hydrogen-bond donors (Lipinski definition) is 1. The van der Waals surface area contributed by atoms with Crippen molar-refractivity contribution < 1.29 is 9.53 Å². The number of carbonyl (C=O) groups excluding carboxylic acids is 1. The van der Waals surface area contributed by atoms with Gasteiger partial charge in [0, 0.05) is 5.56 Å². The van der Waals surface area contributed by atoms with E-state index in [4.69, 9.17) is 4.74 Å². The van der Waals surface area contributed by atoms with E-state index in [9.17, 15) is 4.79 Å². The van der Waals surface area contributed by atoms with E-state index in [0.717, 1.165) is 11.3 Å². The zero-order chi connectivity index (χ0) is 15.2. The van der Waals surface area contributed by atoms with Crippen LogP contribution in [-0.4, -0.2) is 19.1 Å². The van der Waals surface area contributed by atoms with Crippen LogP contribution in [-0.2, 0) is 0 Å². The Morgan fingerprint density at radius 2 is 1.76 bits per heavy atom. The molecule has 3 heteroatoms. The van der Waals surface area contributed by atoms with Crippen LogP contribution in [0.2, 0.25) is 0 Å². The summed E-state index contributed by atoms with van der Waals surface area (Å²) in [6, 6.07) is 13.6. The summed E-state index contributed by atoms with van der Waals surface area (Å²) in [5, 5.41) is 2.87. The fourth-order valence-electron chi connectivity index (χ4n) is 2.06. The monoisotopic (exact) mass is 283 g/mol. The van der Waals surface area contributed by atoms with Crippen LogP contribution in [0.4, 0.5) is 0 Å². The van der Waals surface area contributed by atoms with Crippen molar-refractivity contribution in [2.45, 2.75) is 20.8 Å². The molecule has 0 bridgehead atoms. The molecule has 0 aliphatic carbocycles. The molecule has 0 saturated heterocycles. The van der Waals surface area contributed by atoms with E-state index in [0.29, 0.717) is 18.7 Å². The van der Waals surface area contributed by atoms with Crippen LogP contribution in [0.5, 0.6) is 5.75 Å². The van der Waals surface area contributed by atoms with Crippen molar-refractivity contribution in [1.82, 2.24) is 5.32 Å². The lowest BCUT2D eigenvalue weighted by molar-refractivity contribution is 0.0946. The molecule has 2 aromatic rings. The fourth-order valence-corrected chi connectivity index (χ4v) is 2.06. The Labute approximate surface area is 126 Å². The Balaban J connectivity index is 1.81. The standard InChI is InChI=1S/C18H21NO2/c1-13-8-9-16(12-15(13)3)21-11-10-19-18(20)17-7-5-4-6-14(17)2/h4-9,12H,10-11H2,1-3H3,(H,19,20). The maximum atomic E-state index is 12.0. The Bertz CT molecular complexity index is 635. The quantitative estimate of drug-likeness (QED) is 0.854. The van der Waals surface area contributed by atoms with Crippen molar-refractivity contribution in [1.29, 1.82) is 0 Å². The summed E-state index contributed by atoms with van der Waals surface area (Å²) in [5.74, 6) is 0.778. The molecule has 0 fully saturated rings. The summed E-state index contributed by atoms with van der Waals surface area (Å²) in [6.45, 7) is 7.00. The SMILES string of the molecule is Cc1ccc(OCCNC(=O)c2ccccc2C)cc1C. The number of nitrogens with one attached hydrogen (secondary N) is 1. The van der Waals surface area contributed by atoms with Crippen LogP contribution in [0.1, 0.15) is 27.0 Å². The van der Waals surface area contributed by atoms with E-state index in [1.54, 1.807) is 0 Å². The first kappa shape index (κ1) is 15.1. The summed E-state index contributed by atoms with van der Waals surface area (Å²) < 4.78 is 5.64. The van der Waals surface area contributed by atoms with Gasteiger partial charge in [0.1, 0.15) is 12.4 Å². The fraction of sp³-hybridized carbons (Fsp3) is 0.278. The highest BCUT2D eigenvalue weighted by molar-refractivity contribution is 5.95. The third kappa shape index (κ3) is 4.09. The second kappa shape index (κ2) is 6.93. The summed E-state index contributed by atoms with van der Waals surface area (Å²) in [7, 11) is 0. The summed E-state index contributed by atoms with van der Waals surface area (Å²) in [4.78, 5) is 12.0. The van der Waals surface area contributed by atoms with Gasteiger partial charge >= 0.3 is 0 Å². The number of amides is 1. The molecule has 0 aromatic heterocycles. The number of aryl methyl sites for hydroxylation is 3. The zero-order valence-electron chi connectivity index (χ0n) is 12.8. The molecule has 2 rings (SSSR count). The van der Waals surface area contributed by atoms with Gasteiger partial charge in [0.05, 0.1) is 6.54 Å². The largest absolute Gasteiger partial charge is 0.492 e. The smallest absolute Gasteiger partial charge is 0.251 e. The number of hydrogen-bond acceptors (Lipinski definition) is 2. The third-order valence-corrected chi connectivity index (χ3v) is 3.52. The number of ether oxygens (including phenoxy) is 1. The molecule has 0 heterocycles. The Hall–Kier alpha value is -2.29. The molecule has 0 atom stereocenters. The van der Waals surface area contributed by atoms with Gasteiger partial charge in [0.2, 0.25) is 0 Å². The molecule has 21 heavy (non-hydrogen) atoms. The van der Waals surface area contributed by atoms with Crippen molar-refractivity contribution in [3.05, 3.63) is 64.7 Å². The summed E-state index contributed by atoms with van der Waals surface area (Å²) in [5.41, 5.74) is 4.14. The second-order valence-electron chi connectivity index (χ2n) is 5.17. The topological polar surface area (TPSA) is 38.3 Å². The predicted octanol–water partition coefficient (Wildman–Crippen LogP) is 3.42. The van der Waals surface area contributed by atoms with Crippen molar-refractivity contribution in [3.63, 3.8) is 0 Å². The molecular formula is C18H21NO2.